The number of carbonyl (C=O) groups excluding carboxylic acids is 3. The summed E-state index contributed by atoms with van der Waals surface area (Å²) in [5.41, 5.74) is 3.31. The Balaban J connectivity index is 0.000000411. The van der Waals surface area contributed by atoms with Crippen molar-refractivity contribution < 1.29 is 34.4 Å². The summed E-state index contributed by atoms with van der Waals surface area (Å²) in [6.45, 7) is 6.17. The van der Waals surface area contributed by atoms with Crippen molar-refractivity contribution in [1.29, 1.82) is 0 Å². The molecule has 28 heavy (non-hydrogen) atoms. The molecule has 2 aromatic carbocycles. The van der Waals surface area contributed by atoms with Gasteiger partial charge in [0.25, 0.3) is 0 Å². The zero-order valence-electron chi connectivity index (χ0n) is 15.8. The molecule has 0 saturated heterocycles. The number of aliphatic hydroxyl groups is 2. The summed E-state index contributed by atoms with van der Waals surface area (Å²) in [6, 6.07) is 9.60. The van der Waals surface area contributed by atoms with Gasteiger partial charge >= 0.3 is 5.97 Å². The molecule has 0 saturated carbocycles. The maximum atomic E-state index is 10.3. The van der Waals surface area contributed by atoms with E-state index in [9.17, 15) is 14.4 Å². The van der Waals surface area contributed by atoms with Crippen LogP contribution in [0, 0.1) is 6.92 Å². The Morgan fingerprint density at radius 3 is 1.82 bits per heavy atom. The van der Waals surface area contributed by atoms with Crippen molar-refractivity contribution in [1.82, 2.24) is 0 Å². The fourth-order valence-electron chi connectivity index (χ4n) is 1.88. The Bertz CT molecular complexity index is 740. The average molecular weight is 388 g/mol. The number of aldehydes is 2. The second kappa shape index (κ2) is 13.9. The maximum Gasteiger partial charge on any atom is 0.307 e. The fraction of sp³-hybridized carbons (Fsp3) is 0.190. The monoisotopic (exact) mass is 388 g/mol. The normalized spacial score (nSPS) is 9.00. The van der Waals surface area contributed by atoms with Crippen LogP contribution in [-0.4, -0.2) is 33.9 Å². The smallest absolute Gasteiger partial charge is 0.307 e. The van der Waals surface area contributed by atoms with Gasteiger partial charge in [-0.25, -0.2) is 0 Å². The number of carbonyl (C=O) groups is 3. The molecule has 0 aliphatic rings. The minimum atomic E-state index is -0.329. The zero-order valence-corrected chi connectivity index (χ0v) is 15.8. The van der Waals surface area contributed by atoms with Crippen molar-refractivity contribution in [3.05, 3.63) is 77.1 Å². The van der Waals surface area contributed by atoms with Gasteiger partial charge in [0.15, 0.2) is 0 Å². The van der Waals surface area contributed by atoms with Crippen LogP contribution in [0.3, 0.4) is 0 Å². The van der Waals surface area contributed by atoms with E-state index in [2.05, 4.69) is 11.3 Å². The van der Waals surface area contributed by atoms with Crippen LogP contribution in [0.1, 0.15) is 44.3 Å². The van der Waals surface area contributed by atoms with Crippen LogP contribution in [0.25, 0.3) is 0 Å². The van der Waals surface area contributed by atoms with Gasteiger partial charge in [-0.05, 0) is 30.2 Å². The second-order valence-corrected chi connectivity index (χ2v) is 5.40. The Morgan fingerprint density at radius 2 is 1.50 bits per heavy atom. The van der Waals surface area contributed by atoms with Crippen LogP contribution < -0.4 is 0 Å². The lowest BCUT2D eigenvalue weighted by molar-refractivity contribution is -0.135. The van der Waals surface area contributed by atoms with E-state index in [4.69, 9.17) is 15.3 Å². The van der Waals surface area contributed by atoms with Gasteiger partial charge in [0.05, 0.1) is 19.5 Å². The van der Waals surface area contributed by atoms with Crippen molar-refractivity contribution in [2.24, 2.45) is 0 Å². The third kappa shape index (κ3) is 9.42. The Morgan fingerprint density at radius 1 is 1.00 bits per heavy atom. The quantitative estimate of drug-likeness (QED) is 0.409. The maximum absolute atomic E-state index is 10.3. The second-order valence-electron chi connectivity index (χ2n) is 5.40. The van der Waals surface area contributed by atoms with Crippen LogP contribution in [0.5, 0.6) is 5.75 Å². The number of ether oxygens (including phenoxy) is 1. The van der Waals surface area contributed by atoms with Crippen LogP contribution in [-0.2, 0) is 22.7 Å². The summed E-state index contributed by atoms with van der Waals surface area (Å²) < 4.78 is 4.17. The van der Waals surface area contributed by atoms with Gasteiger partial charge in [-0.3, -0.25) is 14.4 Å². The number of hydrogen-bond acceptors (Lipinski definition) is 7. The Kier molecular flexibility index (Phi) is 12.2. The molecule has 0 amide bonds. The minimum absolute atomic E-state index is 0.0327. The summed E-state index contributed by atoms with van der Waals surface area (Å²) >= 11 is 0. The highest BCUT2D eigenvalue weighted by Crippen LogP contribution is 2.17. The SMILES string of the molecule is C=COC(C)=O.Cc1cc(C=O)ccc1CO.O=Cc1ccc(CO)c(O)c1. The molecule has 0 radical (unpaired) electrons. The summed E-state index contributed by atoms with van der Waals surface area (Å²) in [5, 5.41) is 26.5. The van der Waals surface area contributed by atoms with E-state index in [0.29, 0.717) is 23.0 Å². The molecule has 0 aliphatic carbocycles. The fourth-order valence-corrected chi connectivity index (χ4v) is 1.88. The molecule has 2 aromatic rings. The highest BCUT2D eigenvalue weighted by molar-refractivity contribution is 5.76. The number of phenols is 1. The van der Waals surface area contributed by atoms with Crippen LogP contribution in [0.2, 0.25) is 0 Å². The molecular formula is C21H24O7. The number of aliphatic hydroxyl groups excluding tert-OH is 2. The summed E-state index contributed by atoms with van der Waals surface area (Å²) in [4.78, 5) is 30.2. The summed E-state index contributed by atoms with van der Waals surface area (Å²) in [7, 11) is 0. The lowest BCUT2D eigenvalue weighted by Gasteiger charge is -2.00. The van der Waals surface area contributed by atoms with Crippen LogP contribution >= 0.6 is 0 Å². The van der Waals surface area contributed by atoms with E-state index >= 15 is 0 Å². The zero-order chi connectivity index (χ0) is 21.5. The number of aryl methyl sites for hydroxylation is 1. The number of aromatic hydroxyl groups is 1. The summed E-state index contributed by atoms with van der Waals surface area (Å²) in [6.07, 6.45) is 2.54. The molecule has 0 heterocycles. The molecule has 0 atom stereocenters. The number of esters is 1. The third-order valence-electron chi connectivity index (χ3n) is 3.34. The van der Waals surface area contributed by atoms with Crippen molar-refractivity contribution >= 4 is 18.5 Å². The van der Waals surface area contributed by atoms with Gasteiger partial charge in [0.1, 0.15) is 18.3 Å². The topological polar surface area (TPSA) is 121 Å². The van der Waals surface area contributed by atoms with E-state index in [1.165, 1.54) is 25.1 Å². The number of benzene rings is 2. The molecule has 0 spiro atoms. The van der Waals surface area contributed by atoms with Gasteiger partial charge in [-0.1, -0.05) is 30.8 Å². The molecule has 150 valence electrons. The van der Waals surface area contributed by atoms with Gasteiger partial charge < -0.3 is 20.1 Å². The molecule has 7 heteroatoms. The van der Waals surface area contributed by atoms with Gasteiger partial charge in [-0.2, -0.15) is 0 Å². The largest absolute Gasteiger partial charge is 0.508 e. The van der Waals surface area contributed by atoms with Gasteiger partial charge in [-0.15, -0.1) is 0 Å². The van der Waals surface area contributed by atoms with E-state index in [1.807, 2.05) is 6.92 Å². The number of rotatable bonds is 5. The summed E-state index contributed by atoms with van der Waals surface area (Å²) in [5.74, 6) is -0.373. The van der Waals surface area contributed by atoms with Gasteiger partial charge in [0.2, 0.25) is 0 Å². The molecular weight excluding hydrogens is 364 g/mol. The lowest BCUT2D eigenvalue weighted by atomic mass is 10.1. The van der Waals surface area contributed by atoms with Crippen molar-refractivity contribution in [2.75, 3.05) is 0 Å². The predicted molar refractivity (Wildman–Crippen MR) is 104 cm³/mol. The molecule has 0 aromatic heterocycles. The van der Waals surface area contributed by atoms with E-state index in [1.54, 1.807) is 18.2 Å². The van der Waals surface area contributed by atoms with Crippen molar-refractivity contribution in [3.63, 3.8) is 0 Å². The Labute approximate surface area is 163 Å². The third-order valence-corrected chi connectivity index (χ3v) is 3.34. The minimum Gasteiger partial charge on any atom is -0.508 e. The molecule has 0 aliphatic heterocycles. The van der Waals surface area contributed by atoms with E-state index < -0.39 is 0 Å². The Hall–Kier alpha value is -3.29. The first-order chi connectivity index (χ1) is 13.3. The van der Waals surface area contributed by atoms with Crippen LogP contribution in [0.4, 0.5) is 0 Å². The molecule has 0 unspecified atom stereocenters. The van der Waals surface area contributed by atoms with E-state index in [-0.39, 0.29) is 24.9 Å². The first kappa shape index (κ1) is 24.7. The average Bonchev–Trinajstić information content (AvgIpc) is 2.68. The van der Waals surface area contributed by atoms with Gasteiger partial charge in [0, 0.05) is 23.6 Å². The highest BCUT2D eigenvalue weighted by Gasteiger charge is 1.99. The molecule has 2 rings (SSSR count). The lowest BCUT2D eigenvalue weighted by Crippen LogP contribution is -1.90. The molecule has 0 fully saturated rings. The standard InChI is InChI=1S/C9H10O2.C8H8O3.C4H6O2/c1-7-4-8(5-10)2-3-9(7)6-11;9-4-6-1-2-7(5-10)8(11)3-6;1-3-6-4(2)5/h2-5,11H,6H2,1H3;1-4,10-11H,5H2;3H,1H2,2H3. The van der Waals surface area contributed by atoms with Crippen LogP contribution in [0.15, 0.2) is 49.2 Å². The van der Waals surface area contributed by atoms with Crippen molar-refractivity contribution in [2.45, 2.75) is 27.1 Å². The van der Waals surface area contributed by atoms with Crippen molar-refractivity contribution in [3.8, 4) is 5.75 Å². The number of hydrogen-bond donors (Lipinski definition) is 3. The predicted octanol–water partition coefficient (Wildman–Crippen LogP) is 2.69. The first-order valence-corrected chi connectivity index (χ1v) is 8.14. The first-order valence-electron chi connectivity index (χ1n) is 8.14. The molecule has 0 bridgehead atoms. The van der Waals surface area contributed by atoms with E-state index in [0.717, 1.165) is 23.7 Å². The molecule has 3 N–H and O–H groups in total. The highest BCUT2D eigenvalue weighted by atomic mass is 16.5. The molecule has 7 nitrogen and oxygen atoms in total.